The van der Waals surface area contributed by atoms with Crippen LogP contribution in [0, 0.1) is 6.92 Å². The summed E-state index contributed by atoms with van der Waals surface area (Å²) in [5, 5.41) is 4.97. The van der Waals surface area contributed by atoms with Crippen LogP contribution in [0.2, 0.25) is 0 Å². The molecule has 9 nitrogen and oxygen atoms in total. The number of nitrogens with one attached hydrogen (secondary N) is 2. The summed E-state index contributed by atoms with van der Waals surface area (Å²) in [4.78, 5) is 54.9. The summed E-state index contributed by atoms with van der Waals surface area (Å²) in [7, 11) is 0. The van der Waals surface area contributed by atoms with Gasteiger partial charge in [0.2, 0.25) is 11.8 Å². The standard InChI is InChI=1S/C27H24N4O5/c1-16-11-20(13-28-24(16)18-5-3-2-4-6-18)29-27(35)36-15-17-7-8-19-14-31(26(34)21(19)12-17)22-9-10-23(32)30-25(22)33/h2-8,11-13,22H,9-10,14-15H2,1H3,(H,29,35)(H,30,32,33). The number of fused-ring (bicyclic) bond motifs is 1. The minimum Gasteiger partial charge on any atom is -0.444 e. The SMILES string of the molecule is Cc1cc(NC(=O)OCc2ccc3c(c2)C(=O)N(C2CCC(=O)NC2=O)C3)cnc1-c1ccccc1. The molecule has 1 unspecified atom stereocenters. The molecular formula is C27H24N4O5. The molecule has 2 aliphatic rings. The summed E-state index contributed by atoms with van der Waals surface area (Å²) in [5.74, 6) is -1.05. The molecule has 3 heterocycles. The maximum atomic E-state index is 13.0. The van der Waals surface area contributed by atoms with Crippen LogP contribution in [0.15, 0.2) is 60.8 Å². The average molecular weight is 485 g/mol. The molecule has 1 fully saturated rings. The lowest BCUT2D eigenvalue weighted by atomic mass is 10.0. The van der Waals surface area contributed by atoms with E-state index in [1.807, 2.05) is 43.3 Å². The third-order valence-corrected chi connectivity index (χ3v) is 6.33. The fourth-order valence-corrected chi connectivity index (χ4v) is 4.54. The van der Waals surface area contributed by atoms with Crippen molar-refractivity contribution in [2.75, 3.05) is 5.32 Å². The van der Waals surface area contributed by atoms with Crippen LogP contribution in [0.3, 0.4) is 0 Å². The zero-order valence-corrected chi connectivity index (χ0v) is 19.6. The van der Waals surface area contributed by atoms with Crippen molar-refractivity contribution in [1.29, 1.82) is 0 Å². The molecule has 1 aromatic heterocycles. The fraction of sp³-hybridized carbons (Fsp3) is 0.222. The minimum absolute atomic E-state index is 0.0285. The first-order chi connectivity index (χ1) is 17.4. The number of anilines is 1. The number of imide groups is 1. The Morgan fingerprint density at radius 3 is 2.69 bits per heavy atom. The molecule has 0 spiro atoms. The van der Waals surface area contributed by atoms with Crippen LogP contribution in [0.1, 0.15) is 39.9 Å². The minimum atomic E-state index is -0.668. The molecule has 0 aliphatic carbocycles. The molecule has 1 saturated heterocycles. The first-order valence-corrected chi connectivity index (χ1v) is 11.6. The third-order valence-electron chi connectivity index (χ3n) is 6.33. The number of aromatic nitrogens is 1. The van der Waals surface area contributed by atoms with E-state index in [2.05, 4.69) is 15.6 Å². The Hall–Kier alpha value is -4.53. The van der Waals surface area contributed by atoms with Gasteiger partial charge >= 0.3 is 6.09 Å². The molecule has 1 atom stereocenters. The lowest BCUT2D eigenvalue weighted by molar-refractivity contribution is -0.136. The van der Waals surface area contributed by atoms with Gasteiger partial charge in [-0.25, -0.2) is 4.79 Å². The van der Waals surface area contributed by atoms with Crippen LogP contribution in [0.25, 0.3) is 11.3 Å². The summed E-state index contributed by atoms with van der Waals surface area (Å²) in [6.45, 7) is 2.19. The Balaban J connectivity index is 1.20. The number of ether oxygens (including phenoxy) is 1. The van der Waals surface area contributed by atoms with Gasteiger partial charge < -0.3 is 9.64 Å². The largest absolute Gasteiger partial charge is 0.444 e. The van der Waals surface area contributed by atoms with Crippen molar-refractivity contribution in [3.05, 3.63) is 83.0 Å². The highest BCUT2D eigenvalue weighted by Gasteiger charge is 2.39. The number of hydrogen-bond acceptors (Lipinski definition) is 6. The van der Waals surface area contributed by atoms with Crippen molar-refractivity contribution >= 4 is 29.5 Å². The van der Waals surface area contributed by atoms with Crippen molar-refractivity contribution in [2.24, 2.45) is 0 Å². The summed E-state index contributed by atoms with van der Waals surface area (Å²) in [5.41, 5.74) is 5.17. The van der Waals surface area contributed by atoms with Crippen molar-refractivity contribution in [3.63, 3.8) is 0 Å². The van der Waals surface area contributed by atoms with Gasteiger partial charge in [-0.05, 0) is 42.2 Å². The molecule has 4 amide bonds. The van der Waals surface area contributed by atoms with Crippen molar-refractivity contribution in [3.8, 4) is 11.3 Å². The Kier molecular flexibility index (Phi) is 6.20. The second kappa shape index (κ2) is 9.61. The van der Waals surface area contributed by atoms with E-state index in [4.69, 9.17) is 4.74 Å². The number of amides is 4. The topological polar surface area (TPSA) is 118 Å². The first kappa shape index (κ1) is 23.2. The predicted molar refractivity (Wildman–Crippen MR) is 131 cm³/mol. The Bertz CT molecular complexity index is 1370. The van der Waals surface area contributed by atoms with E-state index in [-0.39, 0.29) is 24.8 Å². The number of carbonyl (C=O) groups excluding carboxylic acids is 4. The molecule has 2 N–H and O–H groups in total. The number of benzene rings is 2. The van der Waals surface area contributed by atoms with Crippen molar-refractivity contribution in [2.45, 2.75) is 39.0 Å². The lowest BCUT2D eigenvalue weighted by Gasteiger charge is -2.29. The number of aryl methyl sites for hydroxylation is 1. The summed E-state index contributed by atoms with van der Waals surface area (Å²) >= 11 is 0. The van der Waals surface area contributed by atoms with Crippen LogP contribution in [0.5, 0.6) is 0 Å². The zero-order chi connectivity index (χ0) is 25.2. The predicted octanol–water partition coefficient (Wildman–Crippen LogP) is 3.57. The second-order valence-corrected chi connectivity index (χ2v) is 8.85. The number of hydrogen-bond donors (Lipinski definition) is 2. The molecule has 2 aliphatic heterocycles. The molecule has 3 aromatic rings. The van der Waals surface area contributed by atoms with E-state index in [1.165, 1.54) is 4.90 Å². The Morgan fingerprint density at radius 1 is 1.14 bits per heavy atom. The first-order valence-electron chi connectivity index (χ1n) is 11.6. The quantitative estimate of drug-likeness (QED) is 0.535. The highest BCUT2D eigenvalue weighted by Crippen LogP contribution is 2.28. The van der Waals surface area contributed by atoms with Gasteiger partial charge in [-0.15, -0.1) is 0 Å². The van der Waals surface area contributed by atoms with Crippen LogP contribution >= 0.6 is 0 Å². The molecule has 0 bridgehead atoms. The second-order valence-electron chi connectivity index (χ2n) is 8.85. The molecule has 36 heavy (non-hydrogen) atoms. The number of carbonyl (C=O) groups is 4. The van der Waals surface area contributed by atoms with Crippen LogP contribution in [-0.2, 0) is 27.5 Å². The van der Waals surface area contributed by atoms with Crippen LogP contribution in [-0.4, -0.2) is 39.7 Å². The monoisotopic (exact) mass is 484 g/mol. The van der Waals surface area contributed by atoms with Gasteiger partial charge in [-0.1, -0.05) is 42.5 Å². The summed E-state index contributed by atoms with van der Waals surface area (Å²) in [6, 6.07) is 16.2. The number of rotatable bonds is 5. The Labute approximate surface area is 207 Å². The van der Waals surface area contributed by atoms with E-state index in [1.54, 1.807) is 24.4 Å². The maximum Gasteiger partial charge on any atom is 0.412 e. The van der Waals surface area contributed by atoms with Gasteiger partial charge in [0, 0.05) is 24.1 Å². The maximum absolute atomic E-state index is 13.0. The van der Waals surface area contributed by atoms with Gasteiger partial charge in [-0.3, -0.25) is 30.0 Å². The van der Waals surface area contributed by atoms with E-state index < -0.39 is 18.0 Å². The molecule has 182 valence electrons. The van der Waals surface area contributed by atoms with E-state index in [0.717, 1.165) is 22.4 Å². The number of piperidine rings is 1. The van der Waals surface area contributed by atoms with Gasteiger partial charge in [-0.2, -0.15) is 0 Å². The fourth-order valence-electron chi connectivity index (χ4n) is 4.54. The van der Waals surface area contributed by atoms with Gasteiger partial charge in [0.05, 0.1) is 17.6 Å². The number of nitrogens with zero attached hydrogens (tertiary/aromatic N) is 2. The van der Waals surface area contributed by atoms with E-state index >= 15 is 0 Å². The van der Waals surface area contributed by atoms with E-state index in [9.17, 15) is 19.2 Å². The molecule has 0 radical (unpaired) electrons. The van der Waals surface area contributed by atoms with Crippen LogP contribution < -0.4 is 10.6 Å². The lowest BCUT2D eigenvalue weighted by Crippen LogP contribution is -2.52. The summed E-state index contributed by atoms with van der Waals surface area (Å²) in [6.07, 6.45) is 1.45. The van der Waals surface area contributed by atoms with Gasteiger partial charge in [0.15, 0.2) is 0 Å². The highest BCUT2D eigenvalue weighted by molar-refractivity contribution is 6.05. The summed E-state index contributed by atoms with van der Waals surface area (Å²) < 4.78 is 5.35. The van der Waals surface area contributed by atoms with Gasteiger partial charge in [0.25, 0.3) is 5.91 Å². The van der Waals surface area contributed by atoms with Gasteiger partial charge in [0.1, 0.15) is 12.6 Å². The van der Waals surface area contributed by atoms with E-state index in [0.29, 0.717) is 29.8 Å². The average Bonchev–Trinajstić information content (AvgIpc) is 3.19. The number of pyridine rings is 1. The molecular weight excluding hydrogens is 460 g/mol. The van der Waals surface area contributed by atoms with Crippen molar-refractivity contribution < 1.29 is 23.9 Å². The smallest absolute Gasteiger partial charge is 0.412 e. The molecule has 2 aromatic carbocycles. The third kappa shape index (κ3) is 4.68. The molecule has 9 heteroatoms. The normalized spacial score (nSPS) is 17.0. The molecule has 5 rings (SSSR count). The zero-order valence-electron chi connectivity index (χ0n) is 19.6. The van der Waals surface area contributed by atoms with Crippen LogP contribution in [0.4, 0.5) is 10.5 Å². The molecule has 0 saturated carbocycles. The van der Waals surface area contributed by atoms with Crippen molar-refractivity contribution in [1.82, 2.24) is 15.2 Å². The highest BCUT2D eigenvalue weighted by atomic mass is 16.5. The Morgan fingerprint density at radius 2 is 1.94 bits per heavy atom.